The van der Waals surface area contributed by atoms with E-state index in [-0.39, 0.29) is 25.6 Å². The molecule has 0 heterocycles. The second-order valence-corrected chi connectivity index (χ2v) is 17.6. The van der Waals surface area contributed by atoms with Gasteiger partial charge >= 0.3 is 19.8 Å². The summed E-state index contributed by atoms with van der Waals surface area (Å²) in [5.41, 5.74) is 0. The van der Waals surface area contributed by atoms with Crippen LogP contribution in [0.25, 0.3) is 0 Å². The van der Waals surface area contributed by atoms with Crippen molar-refractivity contribution < 1.29 is 42.1 Å². The lowest BCUT2D eigenvalue weighted by Gasteiger charge is -2.24. The SMILES string of the molecule is CCCCCCCCCCCCCCCCCCCCCCC(=O)OC[C@H](COP(=O)(O)OCC[N+](C)(C)C)OC(=O)CCCCCCCCCC. The van der Waals surface area contributed by atoms with Crippen LogP contribution in [0.2, 0.25) is 0 Å². The molecule has 0 fully saturated rings. The van der Waals surface area contributed by atoms with Crippen LogP contribution in [0.3, 0.4) is 0 Å². The molecular weight excluding hydrogens is 677 g/mol. The molecule has 0 saturated heterocycles. The Morgan fingerprint density at radius 2 is 0.865 bits per heavy atom. The smallest absolute Gasteiger partial charge is 0.462 e. The van der Waals surface area contributed by atoms with Gasteiger partial charge in [0.05, 0.1) is 27.7 Å². The highest BCUT2D eigenvalue weighted by atomic mass is 31.2. The minimum Gasteiger partial charge on any atom is -0.462 e. The van der Waals surface area contributed by atoms with E-state index in [9.17, 15) is 19.0 Å². The van der Waals surface area contributed by atoms with Gasteiger partial charge in [0.2, 0.25) is 0 Å². The standard InChI is InChI=1S/C42H84NO8P/c1-6-8-10-12-14-16-17-18-19-20-21-22-23-24-25-26-27-29-30-32-34-41(44)48-38-40(39-50-52(46,47)49-37-36-43(3,4)5)51-42(45)35-33-31-28-15-13-11-9-7-2/h40H,6-39H2,1-5H3/p+1/t40-/m1/s1. The summed E-state index contributed by atoms with van der Waals surface area (Å²) in [5.74, 6) is -0.790. The lowest BCUT2D eigenvalue weighted by Crippen LogP contribution is -2.37. The number of hydrogen-bond donors (Lipinski definition) is 1. The van der Waals surface area contributed by atoms with Crippen molar-refractivity contribution in [1.29, 1.82) is 0 Å². The van der Waals surface area contributed by atoms with E-state index >= 15 is 0 Å². The van der Waals surface area contributed by atoms with Crippen LogP contribution in [-0.4, -0.2) is 74.9 Å². The van der Waals surface area contributed by atoms with Crippen LogP contribution in [0.5, 0.6) is 0 Å². The molecule has 1 unspecified atom stereocenters. The largest absolute Gasteiger partial charge is 0.472 e. The van der Waals surface area contributed by atoms with E-state index in [1.807, 2.05) is 21.1 Å². The number of esters is 2. The molecule has 10 heteroatoms. The third kappa shape index (κ3) is 38.7. The summed E-state index contributed by atoms with van der Waals surface area (Å²) in [7, 11) is 1.49. The molecule has 0 aliphatic carbocycles. The van der Waals surface area contributed by atoms with E-state index in [1.165, 1.54) is 141 Å². The van der Waals surface area contributed by atoms with E-state index < -0.39 is 26.5 Å². The Bertz CT molecular complexity index is 865. The maximum absolute atomic E-state index is 12.6. The molecule has 0 aliphatic heterocycles. The predicted octanol–water partition coefficient (Wildman–Crippen LogP) is 12.0. The highest BCUT2D eigenvalue weighted by molar-refractivity contribution is 7.47. The van der Waals surface area contributed by atoms with Gasteiger partial charge in [-0.3, -0.25) is 18.6 Å². The third-order valence-corrected chi connectivity index (χ3v) is 10.6. The quantitative estimate of drug-likeness (QED) is 0.0284. The number of phosphoric acid groups is 1. The molecule has 310 valence electrons. The van der Waals surface area contributed by atoms with Crippen molar-refractivity contribution in [2.75, 3.05) is 47.5 Å². The van der Waals surface area contributed by atoms with Gasteiger partial charge in [-0.15, -0.1) is 0 Å². The van der Waals surface area contributed by atoms with Crippen molar-refractivity contribution in [3.8, 4) is 0 Å². The molecule has 1 N–H and O–H groups in total. The van der Waals surface area contributed by atoms with Crippen molar-refractivity contribution in [2.45, 2.75) is 213 Å². The highest BCUT2D eigenvalue weighted by Gasteiger charge is 2.27. The van der Waals surface area contributed by atoms with Crippen LogP contribution in [0, 0.1) is 0 Å². The van der Waals surface area contributed by atoms with Crippen molar-refractivity contribution >= 4 is 19.8 Å². The molecule has 0 radical (unpaired) electrons. The summed E-state index contributed by atoms with van der Waals surface area (Å²) < 4.78 is 34.2. The van der Waals surface area contributed by atoms with Gasteiger partial charge < -0.3 is 18.9 Å². The monoisotopic (exact) mass is 763 g/mol. The fraction of sp³-hybridized carbons (Fsp3) is 0.952. The Kier molecular flexibility index (Phi) is 35.0. The van der Waals surface area contributed by atoms with Crippen LogP contribution in [-0.2, 0) is 32.7 Å². The molecule has 2 atom stereocenters. The first-order valence-electron chi connectivity index (χ1n) is 21.8. The zero-order valence-electron chi connectivity index (χ0n) is 34.8. The fourth-order valence-electron chi connectivity index (χ4n) is 6.19. The first-order valence-corrected chi connectivity index (χ1v) is 23.3. The zero-order valence-corrected chi connectivity index (χ0v) is 35.7. The van der Waals surface area contributed by atoms with Gasteiger partial charge in [0.15, 0.2) is 6.10 Å². The van der Waals surface area contributed by atoms with Crippen molar-refractivity contribution in [2.24, 2.45) is 0 Å². The maximum Gasteiger partial charge on any atom is 0.472 e. The number of hydrogen-bond acceptors (Lipinski definition) is 7. The Hall–Kier alpha value is -0.990. The van der Waals surface area contributed by atoms with Gasteiger partial charge in [0.1, 0.15) is 19.8 Å². The topological polar surface area (TPSA) is 108 Å². The number of phosphoric ester groups is 1. The molecule has 0 aromatic rings. The number of quaternary nitrogens is 1. The summed E-state index contributed by atoms with van der Waals surface area (Å²) in [6.07, 6.45) is 34.5. The molecule has 0 aliphatic rings. The van der Waals surface area contributed by atoms with E-state index in [0.29, 0.717) is 23.9 Å². The number of unbranched alkanes of at least 4 members (excludes halogenated alkanes) is 26. The van der Waals surface area contributed by atoms with Gasteiger partial charge in [-0.1, -0.05) is 181 Å². The number of ether oxygens (including phenoxy) is 2. The summed E-state index contributed by atoms with van der Waals surface area (Å²) in [6.45, 7) is 4.41. The number of carbonyl (C=O) groups is 2. The second kappa shape index (κ2) is 35.7. The molecule has 0 saturated carbocycles. The summed E-state index contributed by atoms with van der Waals surface area (Å²) in [6, 6.07) is 0. The number of nitrogens with zero attached hydrogens (tertiary/aromatic N) is 1. The molecule has 0 rings (SSSR count). The average molecular weight is 763 g/mol. The van der Waals surface area contributed by atoms with E-state index in [0.717, 1.165) is 32.1 Å². The lowest BCUT2D eigenvalue weighted by atomic mass is 10.0. The first kappa shape index (κ1) is 51.0. The fourth-order valence-corrected chi connectivity index (χ4v) is 6.93. The lowest BCUT2D eigenvalue weighted by molar-refractivity contribution is -0.870. The van der Waals surface area contributed by atoms with Crippen LogP contribution in [0.1, 0.15) is 206 Å². The normalized spacial score (nSPS) is 13.6. The summed E-state index contributed by atoms with van der Waals surface area (Å²) in [4.78, 5) is 35.2. The van der Waals surface area contributed by atoms with Crippen LogP contribution in [0.15, 0.2) is 0 Å². The minimum absolute atomic E-state index is 0.0363. The summed E-state index contributed by atoms with van der Waals surface area (Å²) >= 11 is 0. The van der Waals surface area contributed by atoms with Crippen molar-refractivity contribution in [3.63, 3.8) is 0 Å². The molecule has 0 aromatic carbocycles. The highest BCUT2D eigenvalue weighted by Crippen LogP contribution is 2.43. The Morgan fingerprint density at radius 3 is 1.23 bits per heavy atom. The van der Waals surface area contributed by atoms with Crippen LogP contribution >= 0.6 is 7.82 Å². The van der Waals surface area contributed by atoms with Gasteiger partial charge in [0, 0.05) is 12.8 Å². The first-order chi connectivity index (χ1) is 25.0. The van der Waals surface area contributed by atoms with E-state index in [1.54, 1.807) is 0 Å². The van der Waals surface area contributed by atoms with Gasteiger partial charge in [-0.2, -0.15) is 0 Å². The van der Waals surface area contributed by atoms with Crippen molar-refractivity contribution in [1.82, 2.24) is 0 Å². The van der Waals surface area contributed by atoms with E-state index in [2.05, 4.69) is 13.8 Å². The second-order valence-electron chi connectivity index (χ2n) is 16.1. The Morgan fingerprint density at radius 1 is 0.519 bits per heavy atom. The van der Waals surface area contributed by atoms with E-state index in [4.69, 9.17) is 18.5 Å². The van der Waals surface area contributed by atoms with Gasteiger partial charge in [-0.05, 0) is 12.8 Å². The minimum atomic E-state index is -4.36. The Balaban J connectivity index is 4.15. The van der Waals surface area contributed by atoms with Crippen LogP contribution in [0.4, 0.5) is 0 Å². The number of carbonyl (C=O) groups excluding carboxylic acids is 2. The molecule has 0 bridgehead atoms. The predicted molar refractivity (Wildman–Crippen MR) is 215 cm³/mol. The van der Waals surface area contributed by atoms with Gasteiger partial charge in [0.25, 0.3) is 0 Å². The molecule has 0 aromatic heterocycles. The molecular formula is C42H85NO8P+. The average Bonchev–Trinajstić information content (AvgIpc) is 3.09. The summed E-state index contributed by atoms with van der Waals surface area (Å²) in [5, 5.41) is 0. The number of likely N-dealkylation sites (N-methyl/N-ethyl adjacent to an activating group) is 1. The third-order valence-electron chi connectivity index (χ3n) is 9.64. The zero-order chi connectivity index (χ0) is 38.6. The molecule has 0 amide bonds. The molecule has 0 spiro atoms. The van der Waals surface area contributed by atoms with Crippen LogP contribution < -0.4 is 0 Å². The maximum atomic E-state index is 12.6. The van der Waals surface area contributed by atoms with Gasteiger partial charge in [-0.25, -0.2) is 4.57 Å². The molecule has 52 heavy (non-hydrogen) atoms. The molecule has 9 nitrogen and oxygen atoms in total. The Labute approximate surface area is 321 Å². The number of rotatable bonds is 40. The van der Waals surface area contributed by atoms with Crippen molar-refractivity contribution in [3.05, 3.63) is 0 Å².